The minimum absolute atomic E-state index is 0.157. The molecule has 0 heterocycles. The Morgan fingerprint density at radius 2 is 2.35 bits per heavy atom. The Morgan fingerprint density at radius 1 is 1.65 bits per heavy atom. The maximum atomic E-state index is 12.2. The first-order chi connectivity index (χ1) is 9.56. The lowest BCUT2D eigenvalue weighted by Gasteiger charge is -2.27. The standard InChI is InChI=1S/C13H15N5O2/c1-9-5-4-6-11(16-17-15)13(9)18(10(2)7-14)12(19)8-20-3/h4-6,10H,8H2,1-3H3. The van der Waals surface area contributed by atoms with Crippen molar-refractivity contribution in [1.29, 1.82) is 5.26 Å². The van der Waals surface area contributed by atoms with Gasteiger partial charge in [0.05, 0.1) is 17.4 Å². The van der Waals surface area contributed by atoms with Gasteiger partial charge in [0.2, 0.25) is 0 Å². The van der Waals surface area contributed by atoms with E-state index in [2.05, 4.69) is 10.0 Å². The zero-order valence-corrected chi connectivity index (χ0v) is 11.6. The zero-order chi connectivity index (χ0) is 15.1. The number of rotatable bonds is 5. The van der Waals surface area contributed by atoms with Crippen molar-refractivity contribution in [2.45, 2.75) is 19.9 Å². The summed E-state index contributed by atoms with van der Waals surface area (Å²) in [7, 11) is 1.40. The van der Waals surface area contributed by atoms with Crippen molar-refractivity contribution in [2.24, 2.45) is 5.11 Å². The van der Waals surface area contributed by atoms with Gasteiger partial charge in [-0.3, -0.25) is 9.69 Å². The number of hydrogen-bond donors (Lipinski definition) is 0. The van der Waals surface area contributed by atoms with Gasteiger partial charge in [0.1, 0.15) is 12.6 Å². The molecule has 1 aromatic rings. The SMILES string of the molecule is COCC(=O)N(c1c(C)cccc1N=[N+]=[N-])C(C)C#N. The highest BCUT2D eigenvalue weighted by molar-refractivity contribution is 5.99. The molecule has 1 amide bonds. The van der Waals surface area contributed by atoms with Gasteiger partial charge in [0.15, 0.2) is 0 Å². The van der Waals surface area contributed by atoms with Gasteiger partial charge in [-0.15, -0.1) is 0 Å². The second-order valence-electron chi connectivity index (χ2n) is 4.13. The largest absolute Gasteiger partial charge is 0.375 e. The van der Waals surface area contributed by atoms with Crippen molar-refractivity contribution in [1.82, 2.24) is 0 Å². The van der Waals surface area contributed by atoms with Crippen LogP contribution in [0.5, 0.6) is 0 Å². The molecule has 0 N–H and O–H groups in total. The van der Waals surface area contributed by atoms with Gasteiger partial charge < -0.3 is 4.74 Å². The first-order valence-electron chi connectivity index (χ1n) is 5.92. The van der Waals surface area contributed by atoms with Crippen molar-refractivity contribution in [3.05, 3.63) is 34.2 Å². The van der Waals surface area contributed by atoms with E-state index in [1.165, 1.54) is 12.0 Å². The molecule has 0 aromatic heterocycles. The van der Waals surface area contributed by atoms with Crippen molar-refractivity contribution in [2.75, 3.05) is 18.6 Å². The van der Waals surface area contributed by atoms with Gasteiger partial charge in [-0.05, 0) is 24.9 Å². The number of nitrogens with zero attached hydrogens (tertiary/aromatic N) is 5. The number of carbonyl (C=O) groups excluding carboxylic acids is 1. The van der Waals surface area contributed by atoms with Crippen molar-refractivity contribution >= 4 is 17.3 Å². The summed E-state index contributed by atoms with van der Waals surface area (Å²) >= 11 is 0. The summed E-state index contributed by atoms with van der Waals surface area (Å²) in [4.78, 5) is 16.2. The highest BCUT2D eigenvalue weighted by Crippen LogP contribution is 2.33. The number of ether oxygens (including phenoxy) is 1. The number of azide groups is 1. The van der Waals surface area contributed by atoms with Crippen LogP contribution >= 0.6 is 0 Å². The molecule has 1 unspecified atom stereocenters. The number of benzene rings is 1. The topological polar surface area (TPSA) is 102 Å². The summed E-state index contributed by atoms with van der Waals surface area (Å²) in [6, 6.07) is 6.41. The first-order valence-corrected chi connectivity index (χ1v) is 5.92. The molecule has 1 rings (SSSR count). The Kier molecular flexibility index (Phi) is 5.54. The van der Waals surface area contributed by atoms with Crippen LogP contribution < -0.4 is 4.90 Å². The summed E-state index contributed by atoms with van der Waals surface area (Å²) in [5.74, 6) is -0.370. The monoisotopic (exact) mass is 273 g/mol. The molecule has 0 aliphatic rings. The third-order valence-corrected chi connectivity index (χ3v) is 2.72. The van der Waals surface area contributed by atoms with E-state index in [-0.39, 0.29) is 12.5 Å². The lowest BCUT2D eigenvalue weighted by Crippen LogP contribution is -2.40. The first kappa shape index (κ1) is 15.5. The van der Waals surface area contributed by atoms with Crippen molar-refractivity contribution in [3.8, 4) is 6.07 Å². The molecule has 1 atom stereocenters. The van der Waals surface area contributed by atoms with E-state index in [0.29, 0.717) is 11.4 Å². The molecule has 0 aliphatic carbocycles. The number of para-hydroxylation sites is 1. The Labute approximate surface area is 117 Å². The third-order valence-electron chi connectivity index (χ3n) is 2.72. The molecular formula is C13H15N5O2. The molecule has 0 saturated carbocycles. The average molecular weight is 273 g/mol. The van der Waals surface area contributed by atoms with E-state index >= 15 is 0 Å². The van der Waals surface area contributed by atoms with E-state index in [4.69, 9.17) is 15.5 Å². The van der Waals surface area contributed by atoms with E-state index in [0.717, 1.165) is 5.56 Å². The van der Waals surface area contributed by atoms with E-state index in [1.807, 2.05) is 6.07 Å². The van der Waals surface area contributed by atoms with Gasteiger partial charge >= 0.3 is 0 Å². The molecule has 104 valence electrons. The minimum atomic E-state index is -0.702. The van der Waals surface area contributed by atoms with Crippen LogP contribution in [0, 0.1) is 18.3 Å². The Balaban J connectivity index is 3.45. The molecule has 0 fully saturated rings. The second kappa shape index (κ2) is 7.14. The number of anilines is 1. The predicted molar refractivity (Wildman–Crippen MR) is 74.4 cm³/mol. The lowest BCUT2D eigenvalue weighted by molar-refractivity contribution is -0.122. The van der Waals surface area contributed by atoms with Gasteiger partial charge in [-0.2, -0.15) is 5.26 Å². The highest BCUT2D eigenvalue weighted by Gasteiger charge is 2.25. The lowest BCUT2D eigenvalue weighted by atomic mass is 10.1. The molecule has 0 aliphatic heterocycles. The van der Waals surface area contributed by atoms with Crippen LogP contribution in [0.3, 0.4) is 0 Å². The summed E-state index contributed by atoms with van der Waals surface area (Å²) in [5, 5.41) is 12.7. The quantitative estimate of drug-likeness (QED) is 0.468. The molecule has 7 heteroatoms. The van der Waals surface area contributed by atoms with Crippen LogP contribution in [-0.2, 0) is 9.53 Å². The van der Waals surface area contributed by atoms with Crippen LogP contribution in [0.2, 0.25) is 0 Å². The smallest absolute Gasteiger partial charge is 0.254 e. The Bertz CT molecular complexity index is 587. The van der Waals surface area contributed by atoms with Gasteiger partial charge in [0, 0.05) is 12.0 Å². The average Bonchev–Trinajstić information content (AvgIpc) is 2.42. The van der Waals surface area contributed by atoms with Crippen LogP contribution in [0.1, 0.15) is 12.5 Å². The molecule has 7 nitrogen and oxygen atoms in total. The van der Waals surface area contributed by atoms with Crippen LogP contribution in [0.25, 0.3) is 10.4 Å². The summed E-state index contributed by atoms with van der Waals surface area (Å²) < 4.78 is 4.84. The van der Waals surface area contributed by atoms with Crippen molar-refractivity contribution < 1.29 is 9.53 Å². The number of nitriles is 1. The fourth-order valence-corrected chi connectivity index (χ4v) is 1.87. The molecule has 1 aromatic carbocycles. The molecule has 20 heavy (non-hydrogen) atoms. The fourth-order valence-electron chi connectivity index (χ4n) is 1.87. The van der Waals surface area contributed by atoms with Crippen LogP contribution in [0.15, 0.2) is 23.3 Å². The highest BCUT2D eigenvalue weighted by atomic mass is 16.5. The normalized spacial score (nSPS) is 11.1. The van der Waals surface area contributed by atoms with Crippen LogP contribution in [0.4, 0.5) is 11.4 Å². The zero-order valence-electron chi connectivity index (χ0n) is 11.6. The maximum Gasteiger partial charge on any atom is 0.254 e. The van der Waals surface area contributed by atoms with Gasteiger partial charge in [-0.1, -0.05) is 23.3 Å². The molecular weight excluding hydrogens is 258 g/mol. The fraction of sp³-hybridized carbons (Fsp3) is 0.385. The van der Waals surface area contributed by atoms with Gasteiger partial charge in [0.25, 0.3) is 5.91 Å². The predicted octanol–water partition coefficient (Wildman–Crippen LogP) is 2.83. The second-order valence-corrected chi connectivity index (χ2v) is 4.13. The van der Waals surface area contributed by atoms with Crippen molar-refractivity contribution in [3.63, 3.8) is 0 Å². The summed E-state index contributed by atoms with van der Waals surface area (Å²) in [6.07, 6.45) is 0. The third kappa shape index (κ3) is 3.26. The number of methoxy groups -OCH3 is 1. The number of amides is 1. The molecule has 0 spiro atoms. The minimum Gasteiger partial charge on any atom is -0.375 e. The molecule has 0 saturated heterocycles. The summed E-state index contributed by atoms with van der Waals surface area (Å²) in [5.41, 5.74) is 10.1. The Hall–Kier alpha value is -2.55. The van der Waals surface area contributed by atoms with E-state index in [9.17, 15) is 4.79 Å². The van der Waals surface area contributed by atoms with E-state index in [1.54, 1.807) is 32.0 Å². The van der Waals surface area contributed by atoms with Crippen LogP contribution in [-0.4, -0.2) is 25.7 Å². The maximum absolute atomic E-state index is 12.2. The van der Waals surface area contributed by atoms with E-state index < -0.39 is 6.04 Å². The number of aryl methyl sites for hydroxylation is 1. The Morgan fingerprint density at radius 3 is 2.90 bits per heavy atom. The molecule has 0 bridgehead atoms. The van der Waals surface area contributed by atoms with Gasteiger partial charge in [-0.25, -0.2) is 0 Å². The number of hydrogen-bond acceptors (Lipinski definition) is 4. The molecule has 0 radical (unpaired) electrons. The summed E-state index contributed by atoms with van der Waals surface area (Å²) in [6.45, 7) is 3.22. The number of carbonyl (C=O) groups is 1.